The fourth-order valence-corrected chi connectivity index (χ4v) is 1.44. The number of hydrogen-bond acceptors (Lipinski definition) is 6. The van der Waals surface area contributed by atoms with Gasteiger partial charge >= 0.3 is 11.9 Å². The van der Waals surface area contributed by atoms with Gasteiger partial charge in [-0.05, 0) is 12.2 Å². The lowest BCUT2D eigenvalue weighted by molar-refractivity contribution is 0.0643. The van der Waals surface area contributed by atoms with Crippen molar-refractivity contribution >= 4 is 11.9 Å². The van der Waals surface area contributed by atoms with Crippen LogP contribution in [0.2, 0.25) is 0 Å². The van der Waals surface area contributed by atoms with Gasteiger partial charge in [-0.15, -0.1) is 0 Å². The van der Waals surface area contributed by atoms with Crippen molar-refractivity contribution in [2.75, 3.05) is 38.1 Å². The van der Waals surface area contributed by atoms with E-state index in [1.54, 1.807) is 0 Å². The van der Waals surface area contributed by atoms with Crippen LogP contribution in [0.25, 0.3) is 0 Å². The van der Waals surface area contributed by atoms with Gasteiger partial charge in [-0.1, -0.05) is 0 Å². The number of anilines is 1. The van der Waals surface area contributed by atoms with Gasteiger partial charge < -0.3 is 19.4 Å². The summed E-state index contributed by atoms with van der Waals surface area (Å²) in [5.74, 6) is -1.19. The van der Waals surface area contributed by atoms with Crippen LogP contribution in [0.1, 0.15) is 10.7 Å². The molecule has 0 saturated carbocycles. The molecule has 1 saturated heterocycles. The third kappa shape index (κ3) is 2.07. The Kier molecular flexibility index (Phi) is 2.55. The SMILES string of the molecule is CN1CCN(c2noc(C(=O)O)n2)CC1. The lowest BCUT2D eigenvalue weighted by Gasteiger charge is -2.31. The average Bonchev–Trinajstić information content (AvgIpc) is 2.68. The minimum Gasteiger partial charge on any atom is -0.474 e. The zero-order valence-electron chi connectivity index (χ0n) is 8.38. The highest BCUT2D eigenvalue weighted by atomic mass is 16.5. The first kappa shape index (κ1) is 9.91. The second kappa shape index (κ2) is 3.85. The second-order valence-corrected chi connectivity index (χ2v) is 3.50. The first-order valence-electron chi connectivity index (χ1n) is 4.67. The van der Waals surface area contributed by atoms with Crippen LogP contribution in [-0.4, -0.2) is 59.3 Å². The van der Waals surface area contributed by atoms with E-state index in [4.69, 9.17) is 5.11 Å². The van der Waals surface area contributed by atoms with Crippen molar-refractivity contribution in [1.29, 1.82) is 0 Å². The van der Waals surface area contributed by atoms with Crippen LogP contribution < -0.4 is 4.90 Å². The molecule has 1 N–H and O–H groups in total. The summed E-state index contributed by atoms with van der Waals surface area (Å²) in [7, 11) is 2.04. The van der Waals surface area contributed by atoms with Gasteiger partial charge in [0.1, 0.15) is 0 Å². The molecular weight excluding hydrogens is 200 g/mol. The molecule has 2 heterocycles. The fraction of sp³-hybridized carbons (Fsp3) is 0.625. The molecule has 0 amide bonds. The number of piperazine rings is 1. The summed E-state index contributed by atoms with van der Waals surface area (Å²) in [5.41, 5.74) is 0. The number of aromatic carboxylic acids is 1. The van der Waals surface area contributed by atoms with E-state index in [1.165, 1.54) is 0 Å². The van der Waals surface area contributed by atoms with Gasteiger partial charge in [0.25, 0.3) is 5.95 Å². The van der Waals surface area contributed by atoms with Gasteiger partial charge in [-0.25, -0.2) is 4.79 Å². The van der Waals surface area contributed by atoms with Crippen LogP contribution in [0.15, 0.2) is 4.52 Å². The molecule has 7 nitrogen and oxygen atoms in total. The number of likely N-dealkylation sites (N-methyl/N-ethyl adjacent to an activating group) is 1. The Morgan fingerprint density at radius 2 is 2.07 bits per heavy atom. The van der Waals surface area contributed by atoms with Crippen LogP contribution >= 0.6 is 0 Å². The topological polar surface area (TPSA) is 82.7 Å². The van der Waals surface area contributed by atoms with Crippen molar-refractivity contribution in [2.45, 2.75) is 0 Å². The number of carboxylic acids is 1. The van der Waals surface area contributed by atoms with Gasteiger partial charge in [-0.3, -0.25) is 0 Å². The maximum Gasteiger partial charge on any atom is 0.394 e. The lowest BCUT2D eigenvalue weighted by atomic mass is 10.3. The largest absolute Gasteiger partial charge is 0.474 e. The van der Waals surface area contributed by atoms with E-state index in [1.807, 2.05) is 11.9 Å². The standard InChI is InChI=1S/C8H12N4O3/c1-11-2-4-12(5-3-11)8-9-6(7(13)14)15-10-8/h2-5H2,1H3,(H,13,14). The summed E-state index contributed by atoms with van der Waals surface area (Å²) < 4.78 is 4.59. The zero-order chi connectivity index (χ0) is 10.8. The molecule has 1 aromatic rings. The molecule has 0 bridgehead atoms. The maximum absolute atomic E-state index is 10.5. The van der Waals surface area contributed by atoms with Crippen molar-refractivity contribution in [3.63, 3.8) is 0 Å². The molecule has 1 aliphatic heterocycles. The molecule has 2 rings (SSSR count). The number of carbonyl (C=O) groups is 1. The molecule has 0 spiro atoms. The molecule has 0 radical (unpaired) electrons. The predicted octanol–water partition coefficient (Wildman–Crippen LogP) is -0.480. The third-order valence-electron chi connectivity index (χ3n) is 2.38. The molecule has 82 valence electrons. The van der Waals surface area contributed by atoms with Crippen LogP contribution in [0.5, 0.6) is 0 Å². The summed E-state index contributed by atoms with van der Waals surface area (Å²) in [6, 6.07) is 0. The van der Waals surface area contributed by atoms with Crippen molar-refractivity contribution < 1.29 is 14.4 Å². The minimum atomic E-state index is -1.19. The quantitative estimate of drug-likeness (QED) is 0.708. The van der Waals surface area contributed by atoms with Crippen molar-refractivity contribution in [3.8, 4) is 0 Å². The molecule has 15 heavy (non-hydrogen) atoms. The summed E-state index contributed by atoms with van der Waals surface area (Å²) in [6.07, 6.45) is 0. The molecule has 1 aliphatic rings. The van der Waals surface area contributed by atoms with E-state index in [9.17, 15) is 4.79 Å². The number of carboxylic acid groups (broad SMARTS) is 1. The van der Waals surface area contributed by atoms with Crippen LogP contribution in [0.4, 0.5) is 5.95 Å². The van der Waals surface area contributed by atoms with E-state index in [0.717, 1.165) is 26.2 Å². The van der Waals surface area contributed by atoms with Gasteiger partial charge in [0, 0.05) is 26.2 Å². The Bertz CT molecular complexity index is 357. The molecule has 1 aromatic heterocycles. The summed E-state index contributed by atoms with van der Waals surface area (Å²) in [4.78, 5) is 18.4. The number of rotatable bonds is 2. The van der Waals surface area contributed by atoms with Crippen molar-refractivity contribution in [1.82, 2.24) is 15.0 Å². The monoisotopic (exact) mass is 212 g/mol. The third-order valence-corrected chi connectivity index (χ3v) is 2.38. The Hall–Kier alpha value is -1.63. The molecule has 0 unspecified atom stereocenters. The number of nitrogens with zero attached hydrogens (tertiary/aromatic N) is 4. The molecule has 1 fully saturated rings. The molecule has 0 atom stereocenters. The highest BCUT2D eigenvalue weighted by Gasteiger charge is 2.21. The molecule has 0 aliphatic carbocycles. The van der Waals surface area contributed by atoms with E-state index in [2.05, 4.69) is 19.6 Å². The first-order valence-corrected chi connectivity index (χ1v) is 4.67. The predicted molar refractivity (Wildman–Crippen MR) is 51.0 cm³/mol. The van der Waals surface area contributed by atoms with Crippen LogP contribution in [0, 0.1) is 0 Å². The first-order chi connectivity index (χ1) is 7.16. The summed E-state index contributed by atoms with van der Waals surface area (Å²) in [6.45, 7) is 3.40. The van der Waals surface area contributed by atoms with Gasteiger partial charge in [0.2, 0.25) is 0 Å². The number of hydrogen-bond donors (Lipinski definition) is 1. The minimum absolute atomic E-state index is 0.357. The second-order valence-electron chi connectivity index (χ2n) is 3.50. The smallest absolute Gasteiger partial charge is 0.394 e. The van der Waals surface area contributed by atoms with Gasteiger partial charge in [0.05, 0.1) is 0 Å². The Morgan fingerprint density at radius 1 is 1.40 bits per heavy atom. The Morgan fingerprint density at radius 3 is 2.60 bits per heavy atom. The highest BCUT2D eigenvalue weighted by molar-refractivity contribution is 5.82. The van der Waals surface area contributed by atoms with E-state index in [0.29, 0.717) is 5.95 Å². The van der Waals surface area contributed by atoms with E-state index < -0.39 is 5.97 Å². The maximum atomic E-state index is 10.5. The highest BCUT2D eigenvalue weighted by Crippen LogP contribution is 2.11. The van der Waals surface area contributed by atoms with Crippen LogP contribution in [0.3, 0.4) is 0 Å². The van der Waals surface area contributed by atoms with Crippen LogP contribution in [-0.2, 0) is 0 Å². The van der Waals surface area contributed by atoms with E-state index >= 15 is 0 Å². The van der Waals surface area contributed by atoms with Crippen molar-refractivity contribution in [3.05, 3.63) is 5.89 Å². The van der Waals surface area contributed by atoms with Gasteiger partial charge in [0.15, 0.2) is 0 Å². The Balaban J connectivity index is 2.06. The zero-order valence-corrected chi connectivity index (χ0v) is 8.38. The lowest BCUT2D eigenvalue weighted by Crippen LogP contribution is -2.44. The summed E-state index contributed by atoms with van der Waals surface area (Å²) >= 11 is 0. The fourth-order valence-electron chi connectivity index (χ4n) is 1.44. The Labute approximate surface area is 86.3 Å². The number of aromatic nitrogens is 2. The van der Waals surface area contributed by atoms with Crippen molar-refractivity contribution in [2.24, 2.45) is 0 Å². The normalized spacial score (nSPS) is 18.1. The average molecular weight is 212 g/mol. The molecule has 7 heteroatoms. The molecular formula is C8H12N4O3. The summed E-state index contributed by atoms with van der Waals surface area (Å²) in [5, 5.41) is 12.2. The van der Waals surface area contributed by atoms with E-state index in [-0.39, 0.29) is 5.89 Å². The molecule has 0 aromatic carbocycles. The van der Waals surface area contributed by atoms with Gasteiger partial charge in [-0.2, -0.15) is 4.98 Å².